The summed E-state index contributed by atoms with van der Waals surface area (Å²) in [5.41, 5.74) is 0. The molecule has 1 unspecified atom stereocenters. The molecular formula is C15H18F8NO7S-. The van der Waals surface area contributed by atoms with E-state index < -0.39 is 77.0 Å². The Morgan fingerprint density at radius 2 is 1.59 bits per heavy atom. The molecular weight excluding hydrogens is 490 g/mol. The number of carbonyl (C=O) groups is 2. The molecule has 0 rings (SSSR count). The van der Waals surface area contributed by atoms with Gasteiger partial charge >= 0.3 is 35.0 Å². The highest BCUT2D eigenvalue weighted by Crippen LogP contribution is 2.42. The van der Waals surface area contributed by atoms with Crippen LogP contribution in [0, 0.1) is 0 Å². The average Bonchev–Trinajstić information content (AvgIpc) is 2.61. The normalized spacial score (nSPS) is 15.1. The van der Waals surface area contributed by atoms with Crippen molar-refractivity contribution in [3.05, 3.63) is 12.4 Å². The first kappa shape index (κ1) is 30.0. The molecule has 8 nitrogen and oxygen atoms in total. The van der Waals surface area contributed by atoms with Crippen LogP contribution >= 0.6 is 0 Å². The molecule has 0 aromatic rings. The average molecular weight is 508 g/mol. The van der Waals surface area contributed by atoms with Crippen LogP contribution in [0.25, 0.3) is 0 Å². The van der Waals surface area contributed by atoms with E-state index in [1.807, 2.05) is 0 Å². The zero-order valence-electron chi connectivity index (χ0n) is 16.2. The fourth-order valence-corrected chi connectivity index (χ4v) is 2.40. The maximum Gasteiger partial charge on any atom is 0.466 e. The minimum atomic E-state index is -6.84. The first-order valence-electron chi connectivity index (χ1n) is 8.54. The van der Waals surface area contributed by atoms with E-state index in [4.69, 9.17) is 0 Å². The summed E-state index contributed by atoms with van der Waals surface area (Å²) < 4.78 is 145. The Hall–Kier alpha value is -2.01. The van der Waals surface area contributed by atoms with Gasteiger partial charge < -0.3 is 19.3 Å². The van der Waals surface area contributed by atoms with Crippen LogP contribution in [0.5, 0.6) is 0 Å². The van der Waals surface area contributed by atoms with Gasteiger partial charge in [0.05, 0.1) is 6.61 Å². The van der Waals surface area contributed by atoms with Gasteiger partial charge in [0.15, 0.2) is 10.1 Å². The number of unbranched alkanes of at least 4 members (excludes halogenated alkanes) is 1. The molecule has 0 aliphatic rings. The van der Waals surface area contributed by atoms with Gasteiger partial charge in [-0.25, -0.2) is 13.2 Å². The van der Waals surface area contributed by atoms with Gasteiger partial charge in [0, 0.05) is 13.0 Å². The molecule has 0 saturated heterocycles. The predicted molar refractivity (Wildman–Crippen MR) is 87.8 cm³/mol. The number of alkyl halides is 7. The molecule has 17 heteroatoms. The van der Waals surface area contributed by atoms with E-state index in [0.717, 1.165) is 0 Å². The number of nitrogens with one attached hydrogen (secondary N) is 1. The summed E-state index contributed by atoms with van der Waals surface area (Å²) in [6.45, 7) is 1.91. The highest BCUT2D eigenvalue weighted by atomic mass is 32.2. The minimum Gasteiger partial charge on any atom is -0.743 e. The summed E-state index contributed by atoms with van der Waals surface area (Å²) >= 11 is 0. The van der Waals surface area contributed by atoms with Crippen molar-refractivity contribution in [2.75, 3.05) is 13.2 Å². The van der Waals surface area contributed by atoms with Crippen LogP contribution in [-0.2, 0) is 29.2 Å². The van der Waals surface area contributed by atoms with Crippen LogP contribution < -0.4 is 5.32 Å². The van der Waals surface area contributed by atoms with Crippen molar-refractivity contribution in [3.63, 3.8) is 0 Å². The monoisotopic (exact) mass is 508 g/mol. The Balaban J connectivity index is 5.73. The van der Waals surface area contributed by atoms with Crippen molar-refractivity contribution in [3.8, 4) is 0 Å². The molecule has 0 aliphatic heterocycles. The first-order valence-corrected chi connectivity index (χ1v) is 9.95. The second kappa shape index (κ2) is 10.7. The van der Waals surface area contributed by atoms with Crippen molar-refractivity contribution in [1.29, 1.82) is 0 Å². The van der Waals surface area contributed by atoms with Gasteiger partial charge in [0.1, 0.15) is 0 Å². The zero-order chi connectivity index (χ0) is 25.6. The lowest BCUT2D eigenvalue weighted by Gasteiger charge is -2.33. The molecule has 188 valence electrons. The quantitative estimate of drug-likeness (QED) is 0.101. The van der Waals surface area contributed by atoms with Crippen LogP contribution in [0.3, 0.4) is 0 Å². The summed E-state index contributed by atoms with van der Waals surface area (Å²) in [5.74, 6) is -16.8. The van der Waals surface area contributed by atoms with E-state index in [-0.39, 0.29) is 6.42 Å². The predicted octanol–water partition coefficient (Wildman–Crippen LogP) is 2.76. The Kier molecular flexibility index (Phi) is 10.1. The zero-order valence-corrected chi connectivity index (χ0v) is 17.1. The van der Waals surface area contributed by atoms with Crippen LogP contribution in [0.1, 0.15) is 32.6 Å². The molecule has 0 aliphatic carbocycles. The summed E-state index contributed by atoms with van der Waals surface area (Å²) in [5, 5.41) is -4.43. The lowest BCUT2D eigenvalue weighted by Crippen LogP contribution is -2.61. The molecule has 0 bridgehead atoms. The van der Waals surface area contributed by atoms with E-state index in [1.54, 1.807) is 12.2 Å². The number of carbonyl (C=O) groups excluding carboxylic acids is 2. The van der Waals surface area contributed by atoms with Crippen molar-refractivity contribution >= 4 is 22.0 Å². The third kappa shape index (κ3) is 6.99. The van der Waals surface area contributed by atoms with Gasteiger partial charge in [-0.15, -0.1) is 0 Å². The smallest absolute Gasteiger partial charge is 0.466 e. The number of ether oxygens (including phenoxy) is 2. The number of esters is 1. The maximum atomic E-state index is 13.6. The fraction of sp³-hybridized carbons (Fsp3) is 0.733. The van der Waals surface area contributed by atoms with Crippen LogP contribution in [0.4, 0.5) is 35.1 Å². The van der Waals surface area contributed by atoms with Crippen LogP contribution in [-0.4, -0.2) is 61.1 Å². The lowest BCUT2D eigenvalue weighted by molar-refractivity contribution is -0.347. The van der Waals surface area contributed by atoms with Gasteiger partial charge in [0.2, 0.25) is 5.83 Å². The van der Waals surface area contributed by atoms with Crippen molar-refractivity contribution in [2.45, 2.75) is 55.7 Å². The third-order valence-electron chi connectivity index (χ3n) is 3.63. The van der Waals surface area contributed by atoms with E-state index >= 15 is 0 Å². The summed E-state index contributed by atoms with van der Waals surface area (Å²) in [6, 6.07) is 0. The third-order valence-corrected chi connectivity index (χ3v) is 4.55. The van der Waals surface area contributed by atoms with Gasteiger partial charge in [-0.3, -0.25) is 4.79 Å². The van der Waals surface area contributed by atoms with Gasteiger partial charge in [-0.05, 0) is 12.8 Å². The highest BCUT2D eigenvalue weighted by Gasteiger charge is 2.67. The number of halogens is 8. The lowest BCUT2D eigenvalue weighted by atomic mass is 10.2. The van der Waals surface area contributed by atoms with E-state index in [9.17, 15) is 57.7 Å². The molecule has 0 radical (unpaired) electrons. The van der Waals surface area contributed by atoms with Crippen LogP contribution in [0.2, 0.25) is 0 Å². The standard InChI is InChI=1S/C15H19F8NO7S/c1-3-4-7-24-11(26)13(14(19,20)21,31-10(25)9(2)16)30-8-5-6-12(17,18)15(22,23)32(27,28)29/h2-8H2,1H3,(H,24,26)(H,27,28,29)/p-1. The second-order valence-electron chi connectivity index (χ2n) is 6.15. The SMILES string of the molecule is C=C(F)C(=O)OC(OCCCC(F)(F)C(F)(F)S(=O)(=O)[O-])(C(=O)NCCCC)C(F)(F)F. The van der Waals surface area contributed by atoms with Crippen molar-refractivity contribution in [2.24, 2.45) is 0 Å². The Morgan fingerprint density at radius 1 is 1.06 bits per heavy atom. The minimum absolute atomic E-state index is 0.133. The van der Waals surface area contributed by atoms with E-state index in [0.29, 0.717) is 6.42 Å². The summed E-state index contributed by atoms with van der Waals surface area (Å²) in [4.78, 5) is 23.3. The topological polar surface area (TPSA) is 122 Å². The number of amides is 1. The van der Waals surface area contributed by atoms with Gasteiger partial charge in [0.25, 0.3) is 0 Å². The number of hydrogen-bond acceptors (Lipinski definition) is 7. The maximum absolute atomic E-state index is 13.6. The summed E-state index contributed by atoms with van der Waals surface area (Å²) in [7, 11) is -6.84. The molecule has 1 atom stereocenters. The largest absolute Gasteiger partial charge is 0.743 e. The van der Waals surface area contributed by atoms with E-state index in [2.05, 4.69) is 16.1 Å². The van der Waals surface area contributed by atoms with Crippen molar-refractivity contribution < 1.29 is 67.2 Å². The van der Waals surface area contributed by atoms with Gasteiger partial charge in [-0.2, -0.15) is 35.1 Å². The summed E-state index contributed by atoms with van der Waals surface area (Å²) in [6.07, 6.45) is -9.07. The molecule has 1 amide bonds. The molecule has 0 aromatic heterocycles. The first-order chi connectivity index (χ1) is 14.3. The van der Waals surface area contributed by atoms with Crippen molar-refractivity contribution in [1.82, 2.24) is 5.32 Å². The van der Waals surface area contributed by atoms with E-state index in [1.165, 1.54) is 0 Å². The molecule has 0 spiro atoms. The fourth-order valence-electron chi connectivity index (χ4n) is 1.93. The Bertz CT molecular complexity index is 800. The molecule has 0 aromatic carbocycles. The highest BCUT2D eigenvalue weighted by molar-refractivity contribution is 7.86. The Labute approximate surface area is 176 Å². The number of hydrogen-bond donors (Lipinski definition) is 1. The van der Waals surface area contributed by atoms with Crippen LogP contribution in [0.15, 0.2) is 12.4 Å². The molecule has 0 saturated carbocycles. The Morgan fingerprint density at radius 3 is 2.00 bits per heavy atom. The van der Waals surface area contributed by atoms with Gasteiger partial charge in [-0.1, -0.05) is 19.9 Å². The number of rotatable bonds is 13. The molecule has 32 heavy (non-hydrogen) atoms. The second-order valence-corrected chi connectivity index (χ2v) is 7.57. The molecule has 1 N–H and O–H groups in total. The molecule has 0 fully saturated rings. The molecule has 0 heterocycles.